The predicted molar refractivity (Wildman–Crippen MR) is 158 cm³/mol. The molecule has 0 bridgehead atoms. The normalized spacial score (nSPS) is 11.4. The molecule has 9 heteroatoms. The maximum atomic E-state index is 13.7. The number of anilines is 1. The summed E-state index contributed by atoms with van der Waals surface area (Å²) in [5.41, 5.74) is 4.31. The number of benzene rings is 2. The molecule has 0 spiro atoms. The zero-order valence-electron chi connectivity index (χ0n) is 23.3. The number of aromatic nitrogens is 2. The lowest BCUT2D eigenvalue weighted by Gasteiger charge is -2.15. The zero-order chi connectivity index (χ0) is 29.6. The van der Waals surface area contributed by atoms with Gasteiger partial charge in [0, 0.05) is 45.4 Å². The third kappa shape index (κ3) is 7.63. The second-order valence-corrected chi connectivity index (χ2v) is 10.0. The van der Waals surface area contributed by atoms with Crippen LogP contribution in [0.1, 0.15) is 71.3 Å². The van der Waals surface area contributed by atoms with Crippen LogP contribution in [-0.4, -0.2) is 28.4 Å². The fourth-order valence-corrected chi connectivity index (χ4v) is 4.74. The minimum absolute atomic E-state index is 0. The Balaban J connectivity index is 0.00000323. The molecular weight excluding hydrogens is 529 g/mol. The number of halogens is 3. The molecule has 2 amide bonds. The van der Waals surface area contributed by atoms with Gasteiger partial charge in [-0.1, -0.05) is 19.4 Å². The first-order valence-corrected chi connectivity index (χ1v) is 13.5. The number of aryl methyl sites for hydroxylation is 4. The van der Waals surface area contributed by atoms with Crippen molar-refractivity contribution in [1.29, 1.82) is 0 Å². The van der Waals surface area contributed by atoms with Gasteiger partial charge in [-0.3, -0.25) is 14.6 Å². The highest BCUT2D eigenvalue weighted by Crippen LogP contribution is 2.33. The van der Waals surface area contributed by atoms with Gasteiger partial charge in [0.1, 0.15) is 5.69 Å². The molecule has 2 aromatic carbocycles. The third-order valence-electron chi connectivity index (χ3n) is 6.83. The molecule has 218 valence electrons. The minimum Gasteiger partial charge on any atom is -0.354 e. The minimum atomic E-state index is -4.57. The number of carbonyl (C=O) groups excluding carboxylic acids is 2. The van der Waals surface area contributed by atoms with Gasteiger partial charge in [0.25, 0.3) is 11.8 Å². The lowest BCUT2D eigenvalue weighted by atomic mass is 9.95. The molecule has 0 saturated carbocycles. The first-order valence-electron chi connectivity index (χ1n) is 13.5. The topological polar surface area (TPSA) is 76.0 Å². The number of nitrogens with one attached hydrogen (secondary N) is 2. The molecule has 0 aliphatic rings. The average Bonchev–Trinajstić information content (AvgIpc) is 3.39. The lowest BCUT2D eigenvalue weighted by molar-refractivity contribution is -0.137. The Labute approximate surface area is 240 Å². The second-order valence-electron chi connectivity index (χ2n) is 10.0. The van der Waals surface area contributed by atoms with Gasteiger partial charge >= 0.3 is 6.18 Å². The van der Waals surface area contributed by atoms with E-state index in [0.29, 0.717) is 23.4 Å². The van der Waals surface area contributed by atoms with Gasteiger partial charge in [-0.25, -0.2) is 0 Å². The maximum absolute atomic E-state index is 13.7. The van der Waals surface area contributed by atoms with E-state index in [9.17, 15) is 22.8 Å². The molecule has 0 saturated heterocycles. The molecule has 41 heavy (non-hydrogen) atoms. The number of alkyl halides is 3. The summed E-state index contributed by atoms with van der Waals surface area (Å²) in [5, 5.41) is 5.25. The summed E-state index contributed by atoms with van der Waals surface area (Å²) in [6.45, 7) is 3.94. The van der Waals surface area contributed by atoms with Crippen LogP contribution < -0.4 is 10.6 Å². The summed E-state index contributed by atoms with van der Waals surface area (Å²) in [6, 6.07) is 14.5. The van der Waals surface area contributed by atoms with Crippen LogP contribution in [0.15, 0.2) is 73.2 Å². The standard InChI is InChI=1S/C32H33F3N4O2.2H2/c1-4-6-23-9-10-25(16-24(23)8-5-7-22-11-13-37-29(15-22)31(41)36-3)30(40)38-27-17-26(32(33,34)35)18-28(19-27)39-14-12-21(2)20-39;;/h9-20H,4-8H2,1-3H3,(H,36,41)(H,38,40);2*1H. The fourth-order valence-electron chi connectivity index (χ4n) is 4.74. The van der Waals surface area contributed by atoms with E-state index in [2.05, 4.69) is 22.5 Å². The van der Waals surface area contributed by atoms with Gasteiger partial charge in [0.15, 0.2) is 0 Å². The van der Waals surface area contributed by atoms with Crippen LogP contribution in [0.4, 0.5) is 18.9 Å². The van der Waals surface area contributed by atoms with E-state index < -0.39 is 17.6 Å². The number of carbonyl (C=O) groups is 2. The summed E-state index contributed by atoms with van der Waals surface area (Å²) >= 11 is 0. The maximum Gasteiger partial charge on any atom is 0.416 e. The Bertz CT molecular complexity index is 1550. The van der Waals surface area contributed by atoms with Crippen molar-refractivity contribution >= 4 is 17.5 Å². The van der Waals surface area contributed by atoms with Crippen LogP contribution >= 0.6 is 0 Å². The van der Waals surface area contributed by atoms with E-state index in [1.807, 2.05) is 25.1 Å². The quantitative estimate of drug-likeness (QED) is 0.210. The highest BCUT2D eigenvalue weighted by atomic mass is 19.4. The molecule has 4 rings (SSSR count). The van der Waals surface area contributed by atoms with Crippen LogP contribution in [0.5, 0.6) is 0 Å². The Morgan fingerprint density at radius 3 is 2.44 bits per heavy atom. The second kappa shape index (κ2) is 12.8. The van der Waals surface area contributed by atoms with E-state index in [1.54, 1.807) is 48.4 Å². The molecule has 2 N–H and O–H groups in total. The first-order chi connectivity index (χ1) is 19.6. The van der Waals surface area contributed by atoms with Crippen LogP contribution in [0, 0.1) is 6.92 Å². The number of hydrogen-bond donors (Lipinski definition) is 2. The van der Waals surface area contributed by atoms with Crippen LogP contribution in [0.2, 0.25) is 0 Å². The molecule has 0 aliphatic heterocycles. The predicted octanol–water partition coefficient (Wildman–Crippen LogP) is 7.43. The smallest absolute Gasteiger partial charge is 0.354 e. The lowest BCUT2D eigenvalue weighted by Crippen LogP contribution is -2.19. The summed E-state index contributed by atoms with van der Waals surface area (Å²) < 4.78 is 42.6. The zero-order valence-corrected chi connectivity index (χ0v) is 23.3. The number of rotatable bonds is 10. The first kappa shape index (κ1) is 29.6. The molecule has 2 heterocycles. The van der Waals surface area contributed by atoms with E-state index >= 15 is 0 Å². The monoisotopic (exact) mass is 566 g/mol. The Morgan fingerprint density at radius 2 is 1.76 bits per heavy atom. The van der Waals surface area contributed by atoms with Crippen molar-refractivity contribution in [2.24, 2.45) is 0 Å². The number of amides is 2. The van der Waals surface area contributed by atoms with Gasteiger partial charge < -0.3 is 15.2 Å². The van der Waals surface area contributed by atoms with Crippen molar-refractivity contribution < 1.29 is 25.6 Å². The highest BCUT2D eigenvalue weighted by Gasteiger charge is 2.31. The van der Waals surface area contributed by atoms with Crippen LogP contribution in [0.3, 0.4) is 0 Å². The number of nitrogens with zero attached hydrogens (tertiary/aromatic N) is 2. The average molecular weight is 567 g/mol. The summed E-state index contributed by atoms with van der Waals surface area (Å²) in [5.74, 6) is -0.722. The van der Waals surface area contributed by atoms with Gasteiger partial charge in [-0.05, 0) is 103 Å². The molecule has 0 radical (unpaired) electrons. The van der Waals surface area contributed by atoms with Gasteiger partial charge in [-0.15, -0.1) is 0 Å². The molecule has 0 aliphatic carbocycles. The Morgan fingerprint density at radius 1 is 0.951 bits per heavy atom. The van der Waals surface area contributed by atoms with Crippen LogP contribution in [0.25, 0.3) is 5.69 Å². The van der Waals surface area contributed by atoms with Gasteiger partial charge in [0.2, 0.25) is 0 Å². The van der Waals surface area contributed by atoms with E-state index in [4.69, 9.17) is 0 Å². The van der Waals surface area contributed by atoms with Gasteiger partial charge in [0.05, 0.1) is 5.56 Å². The Kier molecular flexibility index (Phi) is 9.27. The fraction of sp³-hybridized carbons (Fsp3) is 0.281. The molecule has 2 aromatic heterocycles. The SMILES string of the molecule is CCCc1ccc(C(=O)Nc2cc(-n3ccc(C)c3)cc(C(F)(F)F)c2)cc1CCCc1ccnc(C(=O)NC)c1.[HH].[HH]. The molecular formula is C32H37F3N4O2. The molecule has 6 nitrogen and oxygen atoms in total. The summed E-state index contributed by atoms with van der Waals surface area (Å²) in [7, 11) is 1.56. The Hall–Kier alpha value is -4.40. The van der Waals surface area contributed by atoms with Gasteiger partial charge in [-0.2, -0.15) is 13.2 Å². The van der Waals surface area contributed by atoms with Crippen molar-refractivity contribution in [2.75, 3.05) is 12.4 Å². The third-order valence-corrected chi connectivity index (χ3v) is 6.83. The van der Waals surface area contributed by atoms with Crippen molar-refractivity contribution in [1.82, 2.24) is 14.9 Å². The summed E-state index contributed by atoms with van der Waals surface area (Å²) in [6.07, 6.45) is 4.45. The van der Waals surface area contributed by atoms with Crippen molar-refractivity contribution in [3.05, 3.63) is 112 Å². The number of hydrogen-bond acceptors (Lipinski definition) is 3. The molecule has 0 fully saturated rings. The van der Waals surface area contributed by atoms with Crippen molar-refractivity contribution in [3.63, 3.8) is 0 Å². The van der Waals surface area contributed by atoms with Crippen molar-refractivity contribution in [2.45, 2.75) is 52.1 Å². The number of pyridine rings is 1. The van der Waals surface area contributed by atoms with Crippen LogP contribution in [-0.2, 0) is 25.4 Å². The van der Waals surface area contributed by atoms with Crippen molar-refractivity contribution in [3.8, 4) is 5.69 Å². The molecule has 0 atom stereocenters. The van der Waals surface area contributed by atoms with E-state index in [-0.39, 0.29) is 14.4 Å². The van der Waals surface area contributed by atoms with E-state index in [1.165, 1.54) is 6.07 Å². The molecule has 0 unspecified atom stereocenters. The summed E-state index contributed by atoms with van der Waals surface area (Å²) in [4.78, 5) is 29.2. The highest BCUT2D eigenvalue weighted by molar-refractivity contribution is 6.04. The largest absolute Gasteiger partial charge is 0.416 e. The van der Waals surface area contributed by atoms with E-state index in [0.717, 1.165) is 60.1 Å². The molecule has 4 aromatic rings.